The Morgan fingerprint density at radius 2 is 1.84 bits per heavy atom. The summed E-state index contributed by atoms with van der Waals surface area (Å²) in [6.45, 7) is 11.6. The number of ether oxygens (including phenoxy) is 1. The van der Waals surface area contributed by atoms with Gasteiger partial charge in [0.15, 0.2) is 0 Å². The molecule has 1 atom stereocenters. The van der Waals surface area contributed by atoms with E-state index in [1.807, 2.05) is 26.3 Å². The summed E-state index contributed by atoms with van der Waals surface area (Å²) in [5, 5.41) is -0.149. The molecule has 0 radical (unpaired) electrons. The number of fused-ring (bicyclic) bond motifs is 1. The van der Waals surface area contributed by atoms with Crippen molar-refractivity contribution in [2.24, 2.45) is 0 Å². The second kappa shape index (κ2) is 8.22. The van der Waals surface area contributed by atoms with Gasteiger partial charge in [-0.1, -0.05) is 0 Å². The van der Waals surface area contributed by atoms with E-state index >= 15 is 0 Å². The van der Waals surface area contributed by atoms with Crippen LogP contribution >= 0.6 is 11.8 Å². The number of thioether (sulfide) groups is 1. The van der Waals surface area contributed by atoms with E-state index in [0.717, 1.165) is 0 Å². The van der Waals surface area contributed by atoms with E-state index < -0.39 is 17.7 Å². The van der Waals surface area contributed by atoms with Crippen molar-refractivity contribution >= 4 is 35.6 Å². The third-order valence-corrected chi connectivity index (χ3v) is 6.22. The maximum Gasteiger partial charge on any atom is 0.441 e. The average molecular weight is 452 g/mol. The number of amides is 3. The number of hydrogen-bond donors (Lipinski definition) is 1. The summed E-state index contributed by atoms with van der Waals surface area (Å²) < 4.78 is 5.06. The summed E-state index contributed by atoms with van der Waals surface area (Å²) in [6.07, 6.45) is 1.67. The highest BCUT2D eigenvalue weighted by Crippen LogP contribution is 2.41. The fourth-order valence-electron chi connectivity index (χ4n) is 3.57. The second-order valence-corrected chi connectivity index (χ2v) is 10.8. The molecular weight excluding hydrogens is 422 g/mol. The zero-order chi connectivity index (χ0) is 23.1. The van der Waals surface area contributed by atoms with E-state index in [1.54, 1.807) is 31.7 Å². The van der Waals surface area contributed by atoms with Crippen LogP contribution in [-0.2, 0) is 24.0 Å². The molecule has 0 aromatic heterocycles. The number of likely N-dealkylation sites (tertiary alicyclic amines) is 1. The number of nitrogens with zero attached hydrogens (tertiary/aromatic N) is 2. The molecule has 3 aliphatic heterocycles. The van der Waals surface area contributed by atoms with Crippen molar-refractivity contribution in [3.63, 3.8) is 0 Å². The molecule has 0 spiro atoms. The van der Waals surface area contributed by atoms with Crippen LogP contribution < -0.4 is 5.48 Å². The summed E-state index contributed by atoms with van der Waals surface area (Å²) in [6, 6.07) is 0. The zero-order valence-electron chi connectivity index (χ0n) is 18.7. The first-order valence-corrected chi connectivity index (χ1v) is 11.2. The van der Waals surface area contributed by atoms with Crippen LogP contribution in [0.4, 0.5) is 4.79 Å². The fourth-order valence-corrected chi connectivity index (χ4v) is 4.80. The van der Waals surface area contributed by atoms with Crippen LogP contribution in [0, 0.1) is 0 Å². The summed E-state index contributed by atoms with van der Waals surface area (Å²) >= 11 is 1.53. The van der Waals surface area contributed by atoms with Crippen LogP contribution in [0.15, 0.2) is 22.9 Å². The number of rotatable bonds is 2. The van der Waals surface area contributed by atoms with Crippen molar-refractivity contribution in [1.82, 2.24) is 15.3 Å². The van der Waals surface area contributed by atoms with Crippen molar-refractivity contribution < 1.29 is 28.8 Å². The Morgan fingerprint density at radius 1 is 1.16 bits per heavy atom. The van der Waals surface area contributed by atoms with E-state index in [9.17, 15) is 19.2 Å². The van der Waals surface area contributed by atoms with Gasteiger partial charge in [0, 0.05) is 23.4 Å². The maximum atomic E-state index is 12.8. The lowest BCUT2D eigenvalue weighted by Gasteiger charge is -2.43. The minimum Gasteiger partial charge on any atom is -0.442 e. The number of carbonyl (C=O) groups excluding carboxylic acids is 4. The lowest BCUT2D eigenvalue weighted by atomic mass is 10.0. The van der Waals surface area contributed by atoms with Gasteiger partial charge < -0.3 is 14.5 Å². The Morgan fingerprint density at radius 3 is 2.39 bits per heavy atom. The van der Waals surface area contributed by atoms with Crippen molar-refractivity contribution in [2.75, 3.05) is 12.3 Å². The molecule has 3 aliphatic rings. The second-order valence-electron chi connectivity index (χ2n) is 9.65. The molecular formula is C21H29N3O6S. The topological polar surface area (TPSA) is 105 Å². The van der Waals surface area contributed by atoms with Crippen LogP contribution in [0.3, 0.4) is 0 Å². The molecule has 170 valence electrons. The van der Waals surface area contributed by atoms with E-state index in [-0.39, 0.29) is 28.4 Å². The third kappa shape index (κ3) is 5.06. The monoisotopic (exact) mass is 451 g/mol. The van der Waals surface area contributed by atoms with Crippen molar-refractivity contribution in [2.45, 2.75) is 70.9 Å². The predicted molar refractivity (Wildman–Crippen MR) is 114 cm³/mol. The Hall–Kier alpha value is -2.49. The van der Waals surface area contributed by atoms with Gasteiger partial charge in [0.05, 0.1) is 11.8 Å². The van der Waals surface area contributed by atoms with Crippen LogP contribution in [0.5, 0.6) is 0 Å². The summed E-state index contributed by atoms with van der Waals surface area (Å²) in [5.74, 6) is -0.695. The lowest BCUT2D eigenvalue weighted by Crippen LogP contribution is -2.54. The van der Waals surface area contributed by atoms with Crippen LogP contribution in [0.2, 0.25) is 0 Å². The molecule has 1 unspecified atom stereocenters. The first-order valence-electron chi connectivity index (χ1n) is 10.2. The van der Waals surface area contributed by atoms with Gasteiger partial charge in [0.1, 0.15) is 11.3 Å². The van der Waals surface area contributed by atoms with Crippen LogP contribution in [-0.4, -0.2) is 62.5 Å². The Bertz CT molecular complexity index is 881. The first-order chi connectivity index (χ1) is 14.3. The molecule has 0 aromatic rings. The highest BCUT2D eigenvalue weighted by atomic mass is 32.2. The third-order valence-electron chi connectivity index (χ3n) is 4.98. The quantitative estimate of drug-likeness (QED) is 0.391. The number of carbonyl (C=O) groups is 4. The summed E-state index contributed by atoms with van der Waals surface area (Å²) in [5.41, 5.74) is 2.09. The van der Waals surface area contributed by atoms with Gasteiger partial charge in [-0.05, 0) is 59.6 Å². The molecule has 1 N–H and O–H groups in total. The standard InChI is InChI=1S/C21H29N3O6S/c1-20(2,3)23-8-7-12(17(23)26)9-13-11-31-15-10-14(25)24(15)16(13)18(27)30-22-19(28)29-21(4,5)6/h9,15H,7-8,10-11H2,1-6H3,(H,22,28)/b12-9+. The fraction of sp³-hybridized carbons (Fsp3) is 0.619. The van der Waals surface area contributed by atoms with E-state index in [2.05, 4.69) is 0 Å². The molecule has 2 saturated heterocycles. The highest BCUT2D eigenvalue weighted by molar-refractivity contribution is 8.00. The van der Waals surface area contributed by atoms with Crippen LogP contribution in [0.25, 0.3) is 0 Å². The average Bonchev–Trinajstić information content (AvgIpc) is 2.99. The van der Waals surface area contributed by atoms with Gasteiger partial charge in [-0.2, -0.15) is 0 Å². The SMILES string of the molecule is CC(C)(C)OC(=O)NOC(=O)C1=C(/C=C2\CCN(C(C)(C)C)C2=O)CSC2CC(=O)N12. The van der Waals surface area contributed by atoms with E-state index in [4.69, 9.17) is 9.57 Å². The summed E-state index contributed by atoms with van der Waals surface area (Å²) in [7, 11) is 0. The molecule has 3 heterocycles. The molecule has 0 bridgehead atoms. The normalized spacial score (nSPS) is 23.0. The highest BCUT2D eigenvalue weighted by Gasteiger charge is 2.46. The van der Waals surface area contributed by atoms with Crippen molar-refractivity contribution in [3.8, 4) is 0 Å². The number of nitrogens with one attached hydrogen (secondary N) is 1. The molecule has 9 nitrogen and oxygen atoms in total. The minimum atomic E-state index is -0.912. The van der Waals surface area contributed by atoms with E-state index in [1.165, 1.54) is 16.7 Å². The first kappa shape index (κ1) is 23.2. The number of allylic oxidation sites excluding steroid dienone is 1. The van der Waals surface area contributed by atoms with Gasteiger partial charge in [-0.25, -0.2) is 9.59 Å². The Balaban J connectivity index is 1.84. The lowest BCUT2D eigenvalue weighted by molar-refractivity contribution is -0.153. The van der Waals surface area contributed by atoms with Gasteiger partial charge in [0.2, 0.25) is 11.8 Å². The van der Waals surface area contributed by atoms with Crippen LogP contribution in [0.1, 0.15) is 54.4 Å². The molecule has 0 saturated carbocycles. The molecule has 0 aliphatic carbocycles. The molecule has 10 heteroatoms. The summed E-state index contributed by atoms with van der Waals surface area (Å²) in [4.78, 5) is 57.8. The smallest absolute Gasteiger partial charge is 0.441 e. The van der Waals surface area contributed by atoms with Gasteiger partial charge >= 0.3 is 12.1 Å². The minimum absolute atomic E-state index is 0.0607. The molecule has 3 rings (SSSR count). The van der Waals surface area contributed by atoms with Crippen molar-refractivity contribution in [3.05, 3.63) is 22.9 Å². The number of hydrogen-bond acceptors (Lipinski definition) is 7. The maximum absolute atomic E-state index is 12.8. The van der Waals surface area contributed by atoms with Gasteiger partial charge in [-0.15, -0.1) is 17.2 Å². The largest absolute Gasteiger partial charge is 0.442 e. The van der Waals surface area contributed by atoms with Gasteiger partial charge in [-0.3, -0.25) is 14.5 Å². The number of β-lactam (4-membered cyclic amide) rings is 1. The van der Waals surface area contributed by atoms with Gasteiger partial charge in [0.25, 0.3) is 0 Å². The molecule has 3 amide bonds. The van der Waals surface area contributed by atoms with E-state index in [0.29, 0.717) is 36.3 Å². The Labute approximate surface area is 186 Å². The molecule has 0 aromatic carbocycles. The Kier molecular flexibility index (Phi) is 6.14. The van der Waals surface area contributed by atoms with Crippen molar-refractivity contribution in [1.29, 1.82) is 0 Å². The molecule has 31 heavy (non-hydrogen) atoms. The molecule has 2 fully saturated rings. The zero-order valence-corrected chi connectivity index (χ0v) is 19.6. The predicted octanol–water partition coefficient (Wildman–Crippen LogP) is 2.49. The number of hydroxylamine groups is 1.